The molecule has 1 saturated heterocycles. The molecule has 0 bridgehead atoms. The van der Waals surface area contributed by atoms with E-state index in [1.807, 2.05) is 30.9 Å². The molecule has 1 atom stereocenters. The van der Waals surface area contributed by atoms with Gasteiger partial charge in [-0.3, -0.25) is 14.9 Å². The molecule has 0 spiro atoms. The maximum atomic E-state index is 13.0. The highest BCUT2D eigenvalue weighted by atomic mass is 16.5. The molecule has 0 unspecified atom stereocenters. The van der Waals surface area contributed by atoms with Gasteiger partial charge in [-0.1, -0.05) is 0 Å². The molecule has 7 heteroatoms. The number of amides is 1. The first-order chi connectivity index (χ1) is 11.5. The Balaban J connectivity index is 1.85. The molecule has 1 fully saturated rings. The third kappa shape index (κ3) is 3.47. The van der Waals surface area contributed by atoms with Crippen LogP contribution < -0.4 is 0 Å². The number of nitrogens with zero attached hydrogens (tertiary/aromatic N) is 3. The van der Waals surface area contributed by atoms with Gasteiger partial charge in [-0.05, 0) is 26.0 Å². The predicted molar refractivity (Wildman–Crippen MR) is 88.6 cm³/mol. The fourth-order valence-corrected chi connectivity index (χ4v) is 3.08. The molecule has 2 aromatic rings. The summed E-state index contributed by atoms with van der Waals surface area (Å²) < 4.78 is 11.2. The number of hydrogen-bond donors (Lipinski definition) is 1. The summed E-state index contributed by atoms with van der Waals surface area (Å²) in [5.74, 6) is -0.0620. The highest BCUT2D eigenvalue weighted by Gasteiger charge is 2.36. The third-order valence-electron chi connectivity index (χ3n) is 3.96. The standard InChI is InChI=1S/C17H22N4O3/c1-17(2)11-21(9-13(24-17)10-23-3)16(22)14-8-19-20-15(14)12-4-6-18-7-5-12/h4-8,13H,9-11H2,1-3H3,(H,19,20)/t13-/m0/s1. The minimum Gasteiger partial charge on any atom is -0.382 e. The largest absolute Gasteiger partial charge is 0.382 e. The monoisotopic (exact) mass is 330 g/mol. The van der Waals surface area contributed by atoms with Gasteiger partial charge >= 0.3 is 0 Å². The first kappa shape index (κ1) is 16.6. The minimum atomic E-state index is -0.419. The molecule has 1 amide bonds. The van der Waals surface area contributed by atoms with E-state index in [0.29, 0.717) is 31.0 Å². The molecule has 1 N–H and O–H groups in total. The van der Waals surface area contributed by atoms with Crippen LogP contribution in [0.15, 0.2) is 30.7 Å². The number of carbonyl (C=O) groups is 1. The maximum absolute atomic E-state index is 13.0. The molecule has 3 rings (SSSR count). The number of nitrogens with one attached hydrogen (secondary N) is 1. The summed E-state index contributed by atoms with van der Waals surface area (Å²) in [6, 6.07) is 3.70. The van der Waals surface area contributed by atoms with Crippen molar-refractivity contribution in [3.63, 3.8) is 0 Å². The number of morpholine rings is 1. The van der Waals surface area contributed by atoms with E-state index in [4.69, 9.17) is 9.47 Å². The first-order valence-corrected chi connectivity index (χ1v) is 7.90. The molecule has 2 aromatic heterocycles. The van der Waals surface area contributed by atoms with Crippen molar-refractivity contribution in [2.45, 2.75) is 25.6 Å². The van der Waals surface area contributed by atoms with Gasteiger partial charge in [0.2, 0.25) is 0 Å². The Labute approximate surface area is 141 Å². The van der Waals surface area contributed by atoms with Crippen LogP contribution in [0.4, 0.5) is 0 Å². The Morgan fingerprint density at radius 1 is 1.46 bits per heavy atom. The summed E-state index contributed by atoms with van der Waals surface area (Å²) in [4.78, 5) is 18.9. The van der Waals surface area contributed by atoms with E-state index < -0.39 is 5.60 Å². The van der Waals surface area contributed by atoms with Crippen LogP contribution in [-0.2, 0) is 9.47 Å². The van der Waals surface area contributed by atoms with Gasteiger partial charge in [0.1, 0.15) is 0 Å². The number of carbonyl (C=O) groups excluding carboxylic acids is 1. The summed E-state index contributed by atoms with van der Waals surface area (Å²) in [5, 5.41) is 6.98. The number of H-pyrrole nitrogens is 1. The number of methoxy groups -OCH3 is 1. The number of aromatic nitrogens is 3. The lowest BCUT2D eigenvalue weighted by Crippen LogP contribution is -2.55. The van der Waals surface area contributed by atoms with Gasteiger partial charge in [0.05, 0.1) is 35.8 Å². The summed E-state index contributed by atoms with van der Waals surface area (Å²) in [6.07, 6.45) is 4.82. The Kier molecular flexibility index (Phi) is 4.64. The van der Waals surface area contributed by atoms with Crippen LogP contribution in [0.1, 0.15) is 24.2 Å². The van der Waals surface area contributed by atoms with Crippen LogP contribution >= 0.6 is 0 Å². The van der Waals surface area contributed by atoms with Crippen LogP contribution in [-0.4, -0.2) is 64.5 Å². The van der Waals surface area contributed by atoms with Gasteiger partial charge in [-0.2, -0.15) is 5.10 Å². The van der Waals surface area contributed by atoms with Crippen molar-refractivity contribution in [1.82, 2.24) is 20.1 Å². The lowest BCUT2D eigenvalue weighted by Gasteiger charge is -2.42. The van der Waals surface area contributed by atoms with Crippen molar-refractivity contribution in [3.8, 4) is 11.3 Å². The molecular weight excluding hydrogens is 308 g/mol. The van der Waals surface area contributed by atoms with E-state index in [2.05, 4.69) is 15.2 Å². The Hall–Kier alpha value is -2.25. The van der Waals surface area contributed by atoms with Crippen LogP contribution in [0, 0.1) is 0 Å². The Morgan fingerprint density at radius 3 is 2.92 bits per heavy atom. The number of rotatable bonds is 4. The summed E-state index contributed by atoms with van der Waals surface area (Å²) >= 11 is 0. The van der Waals surface area contributed by atoms with E-state index >= 15 is 0 Å². The van der Waals surface area contributed by atoms with Gasteiger partial charge in [0.15, 0.2) is 0 Å². The number of pyridine rings is 1. The Bertz CT molecular complexity index is 699. The highest BCUT2D eigenvalue weighted by Crippen LogP contribution is 2.26. The van der Waals surface area contributed by atoms with E-state index in [1.54, 1.807) is 25.7 Å². The fourth-order valence-electron chi connectivity index (χ4n) is 3.08. The average Bonchev–Trinajstić information content (AvgIpc) is 3.03. The van der Waals surface area contributed by atoms with Gasteiger partial charge in [-0.15, -0.1) is 0 Å². The lowest BCUT2D eigenvalue weighted by molar-refractivity contribution is -0.143. The Morgan fingerprint density at radius 2 is 2.21 bits per heavy atom. The number of ether oxygens (including phenoxy) is 2. The molecule has 0 aliphatic carbocycles. The predicted octanol–water partition coefficient (Wildman–Crippen LogP) is 1.74. The molecule has 24 heavy (non-hydrogen) atoms. The molecule has 3 heterocycles. The van der Waals surface area contributed by atoms with E-state index in [0.717, 1.165) is 5.56 Å². The normalized spacial score (nSPS) is 20.1. The van der Waals surface area contributed by atoms with Crippen LogP contribution in [0.2, 0.25) is 0 Å². The van der Waals surface area contributed by atoms with Crippen molar-refractivity contribution in [2.75, 3.05) is 26.8 Å². The maximum Gasteiger partial charge on any atom is 0.257 e. The van der Waals surface area contributed by atoms with Crippen LogP contribution in [0.5, 0.6) is 0 Å². The average molecular weight is 330 g/mol. The SMILES string of the molecule is COC[C@@H]1CN(C(=O)c2cn[nH]c2-c2ccncc2)CC(C)(C)O1. The second kappa shape index (κ2) is 6.70. The second-order valence-electron chi connectivity index (χ2n) is 6.54. The summed E-state index contributed by atoms with van der Waals surface area (Å²) in [7, 11) is 1.63. The van der Waals surface area contributed by atoms with Crippen molar-refractivity contribution in [2.24, 2.45) is 0 Å². The third-order valence-corrected chi connectivity index (χ3v) is 3.96. The molecule has 0 radical (unpaired) electrons. The second-order valence-corrected chi connectivity index (χ2v) is 6.54. The van der Waals surface area contributed by atoms with Crippen LogP contribution in [0.3, 0.4) is 0 Å². The number of aromatic amines is 1. The zero-order chi connectivity index (χ0) is 17.2. The van der Waals surface area contributed by atoms with Gasteiger partial charge in [-0.25, -0.2) is 0 Å². The summed E-state index contributed by atoms with van der Waals surface area (Å²) in [6.45, 7) is 5.43. The topological polar surface area (TPSA) is 80.3 Å². The molecule has 128 valence electrons. The quantitative estimate of drug-likeness (QED) is 0.923. The molecule has 7 nitrogen and oxygen atoms in total. The first-order valence-electron chi connectivity index (χ1n) is 7.90. The lowest BCUT2D eigenvalue weighted by atomic mass is 10.0. The zero-order valence-electron chi connectivity index (χ0n) is 14.2. The van der Waals surface area contributed by atoms with Gasteiger partial charge < -0.3 is 14.4 Å². The highest BCUT2D eigenvalue weighted by molar-refractivity contribution is 5.99. The minimum absolute atomic E-state index is 0.0620. The van der Waals surface area contributed by atoms with E-state index in [-0.39, 0.29) is 12.0 Å². The smallest absolute Gasteiger partial charge is 0.257 e. The number of hydrogen-bond acceptors (Lipinski definition) is 5. The summed E-state index contributed by atoms with van der Waals surface area (Å²) in [5.41, 5.74) is 1.72. The molecular formula is C17H22N4O3. The molecule has 0 aromatic carbocycles. The van der Waals surface area contributed by atoms with Crippen molar-refractivity contribution >= 4 is 5.91 Å². The van der Waals surface area contributed by atoms with Crippen molar-refractivity contribution in [3.05, 3.63) is 36.3 Å². The van der Waals surface area contributed by atoms with Crippen LogP contribution in [0.25, 0.3) is 11.3 Å². The van der Waals surface area contributed by atoms with Gasteiger partial charge in [0, 0.05) is 38.2 Å². The van der Waals surface area contributed by atoms with E-state index in [1.165, 1.54) is 0 Å². The van der Waals surface area contributed by atoms with E-state index in [9.17, 15) is 4.79 Å². The molecule has 1 aliphatic rings. The van der Waals surface area contributed by atoms with Crippen molar-refractivity contribution in [1.29, 1.82) is 0 Å². The molecule has 0 saturated carbocycles. The molecule has 1 aliphatic heterocycles. The van der Waals surface area contributed by atoms with Crippen molar-refractivity contribution < 1.29 is 14.3 Å². The fraction of sp³-hybridized carbons (Fsp3) is 0.471. The zero-order valence-corrected chi connectivity index (χ0v) is 14.2. The van der Waals surface area contributed by atoms with Gasteiger partial charge in [0.25, 0.3) is 5.91 Å².